The summed E-state index contributed by atoms with van der Waals surface area (Å²) < 4.78 is 16.0. The standard InChI is InChI=1S/C21H23FN4O/c1-25-13-15(17-5-2-3-7-19(17)25)8-9-20(27)24-16-10-12-26(14-16)21-18(22)6-4-11-23-21/h2-7,11,13,16H,8-10,12,14H2,1H3,(H,24,27). The number of carbonyl (C=O) groups is 1. The number of nitrogens with zero attached hydrogens (tertiary/aromatic N) is 3. The molecule has 1 atom stereocenters. The molecule has 1 N–H and O–H groups in total. The van der Waals surface area contributed by atoms with Crippen LogP contribution in [0.3, 0.4) is 0 Å². The Morgan fingerprint density at radius 3 is 3.00 bits per heavy atom. The van der Waals surface area contributed by atoms with Crippen molar-refractivity contribution in [1.82, 2.24) is 14.9 Å². The molecule has 3 heterocycles. The van der Waals surface area contributed by atoms with Crippen molar-refractivity contribution in [1.29, 1.82) is 0 Å². The zero-order valence-corrected chi connectivity index (χ0v) is 15.4. The first-order valence-electron chi connectivity index (χ1n) is 9.29. The fourth-order valence-corrected chi connectivity index (χ4v) is 3.85. The number of benzene rings is 1. The third kappa shape index (κ3) is 3.65. The Kier molecular flexibility index (Phi) is 4.79. The first kappa shape index (κ1) is 17.5. The summed E-state index contributed by atoms with van der Waals surface area (Å²) in [5.41, 5.74) is 2.36. The molecular weight excluding hydrogens is 343 g/mol. The monoisotopic (exact) mass is 366 g/mol. The molecular formula is C21H23FN4O. The van der Waals surface area contributed by atoms with Crippen LogP contribution in [0.5, 0.6) is 0 Å². The van der Waals surface area contributed by atoms with Crippen molar-refractivity contribution in [3.05, 3.63) is 60.2 Å². The highest BCUT2D eigenvalue weighted by atomic mass is 19.1. The molecule has 0 radical (unpaired) electrons. The number of rotatable bonds is 5. The zero-order valence-electron chi connectivity index (χ0n) is 15.4. The molecule has 0 aliphatic carbocycles. The van der Waals surface area contributed by atoms with E-state index in [1.54, 1.807) is 12.3 Å². The largest absolute Gasteiger partial charge is 0.352 e. The minimum Gasteiger partial charge on any atom is -0.352 e. The Morgan fingerprint density at radius 2 is 2.15 bits per heavy atom. The van der Waals surface area contributed by atoms with E-state index in [9.17, 15) is 9.18 Å². The van der Waals surface area contributed by atoms with Gasteiger partial charge in [0.25, 0.3) is 0 Å². The smallest absolute Gasteiger partial charge is 0.220 e. The molecule has 27 heavy (non-hydrogen) atoms. The van der Waals surface area contributed by atoms with Gasteiger partial charge in [-0.3, -0.25) is 4.79 Å². The van der Waals surface area contributed by atoms with Gasteiger partial charge in [0.05, 0.1) is 0 Å². The lowest BCUT2D eigenvalue weighted by Crippen LogP contribution is -2.37. The minimum atomic E-state index is -0.319. The van der Waals surface area contributed by atoms with Gasteiger partial charge in [-0.05, 0) is 36.6 Å². The van der Waals surface area contributed by atoms with Gasteiger partial charge in [-0.1, -0.05) is 18.2 Å². The van der Waals surface area contributed by atoms with Gasteiger partial charge in [0, 0.05) is 55.9 Å². The van der Waals surface area contributed by atoms with Crippen molar-refractivity contribution in [2.75, 3.05) is 18.0 Å². The molecule has 1 aliphatic rings. The van der Waals surface area contributed by atoms with Gasteiger partial charge in [-0.25, -0.2) is 9.37 Å². The number of hydrogen-bond acceptors (Lipinski definition) is 3. The number of amides is 1. The number of aromatic nitrogens is 2. The highest BCUT2D eigenvalue weighted by Gasteiger charge is 2.26. The second kappa shape index (κ2) is 7.39. The van der Waals surface area contributed by atoms with Gasteiger partial charge in [-0.2, -0.15) is 0 Å². The van der Waals surface area contributed by atoms with Crippen LogP contribution in [0.1, 0.15) is 18.4 Å². The van der Waals surface area contributed by atoms with E-state index in [1.165, 1.54) is 22.5 Å². The van der Waals surface area contributed by atoms with E-state index in [4.69, 9.17) is 0 Å². The third-order valence-electron chi connectivity index (χ3n) is 5.19. The van der Waals surface area contributed by atoms with Crippen LogP contribution in [0.25, 0.3) is 10.9 Å². The number of pyridine rings is 1. The lowest BCUT2D eigenvalue weighted by atomic mass is 10.1. The summed E-state index contributed by atoms with van der Waals surface area (Å²) in [6.45, 7) is 1.29. The van der Waals surface area contributed by atoms with E-state index in [0.717, 1.165) is 6.42 Å². The first-order valence-corrected chi connectivity index (χ1v) is 9.29. The van der Waals surface area contributed by atoms with Crippen LogP contribution in [0.4, 0.5) is 10.2 Å². The SMILES string of the molecule is Cn1cc(CCC(=O)NC2CCN(c3ncccc3F)C2)c2ccccc21. The Hall–Kier alpha value is -2.89. The number of anilines is 1. The fourth-order valence-electron chi connectivity index (χ4n) is 3.85. The van der Waals surface area contributed by atoms with Crippen molar-refractivity contribution in [3.63, 3.8) is 0 Å². The molecule has 1 fully saturated rings. The van der Waals surface area contributed by atoms with Gasteiger partial charge >= 0.3 is 0 Å². The summed E-state index contributed by atoms with van der Waals surface area (Å²) in [6.07, 6.45) is 5.64. The van der Waals surface area contributed by atoms with E-state index >= 15 is 0 Å². The fraction of sp³-hybridized carbons (Fsp3) is 0.333. The second-order valence-corrected chi connectivity index (χ2v) is 7.09. The Labute approximate surface area is 157 Å². The van der Waals surface area contributed by atoms with Crippen LogP contribution < -0.4 is 10.2 Å². The minimum absolute atomic E-state index is 0.0337. The molecule has 1 saturated heterocycles. The topological polar surface area (TPSA) is 50.2 Å². The van der Waals surface area contributed by atoms with Crippen molar-refractivity contribution in [2.45, 2.75) is 25.3 Å². The molecule has 0 saturated carbocycles. The molecule has 140 valence electrons. The third-order valence-corrected chi connectivity index (χ3v) is 5.19. The number of hydrogen-bond donors (Lipinski definition) is 1. The lowest BCUT2D eigenvalue weighted by molar-refractivity contribution is -0.121. The predicted molar refractivity (Wildman–Crippen MR) is 104 cm³/mol. The maximum atomic E-state index is 13.9. The molecule has 3 aromatic rings. The van der Waals surface area contributed by atoms with E-state index in [0.29, 0.717) is 31.7 Å². The van der Waals surface area contributed by atoms with Gasteiger partial charge in [0.1, 0.15) is 0 Å². The predicted octanol–water partition coefficient (Wildman–Crippen LogP) is 3.04. The quantitative estimate of drug-likeness (QED) is 0.755. The number of carbonyl (C=O) groups excluding carboxylic acids is 1. The summed E-state index contributed by atoms with van der Waals surface area (Å²) in [5, 5.41) is 4.29. The van der Waals surface area contributed by atoms with Crippen molar-refractivity contribution < 1.29 is 9.18 Å². The molecule has 2 aromatic heterocycles. The molecule has 6 heteroatoms. The summed E-state index contributed by atoms with van der Waals surface area (Å²) in [5.74, 6) is 0.0849. The normalized spacial score (nSPS) is 16.8. The van der Waals surface area contributed by atoms with E-state index in [2.05, 4.69) is 33.2 Å². The van der Waals surface area contributed by atoms with E-state index in [1.807, 2.05) is 24.1 Å². The summed E-state index contributed by atoms with van der Waals surface area (Å²) in [7, 11) is 2.02. The highest BCUT2D eigenvalue weighted by Crippen LogP contribution is 2.22. The summed E-state index contributed by atoms with van der Waals surface area (Å²) >= 11 is 0. The highest BCUT2D eigenvalue weighted by molar-refractivity contribution is 5.85. The molecule has 1 aliphatic heterocycles. The average Bonchev–Trinajstić information content (AvgIpc) is 3.25. The molecule has 1 unspecified atom stereocenters. The molecule has 5 nitrogen and oxygen atoms in total. The zero-order chi connectivity index (χ0) is 18.8. The van der Waals surface area contributed by atoms with Gasteiger partial charge in [0.15, 0.2) is 11.6 Å². The first-order chi connectivity index (χ1) is 13.1. The van der Waals surface area contributed by atoms with E-state index < -0.39 is 0 Å². The maximum Gasteiger partial charge on any atom is 0.220 e. The van der Waals surface area contributed by atoms with Crippen LogP contribution in [0, 0.1) is 5.82 Å². The lowest BCUT2D eigenvalue weighted by Gasteiger charge is -2.18. The number of para-hydroxylation sites is 1. The van der Waals surface area contributed by atoms with Crippen LogP contribution in [0.2, 0.25) is 0 Å². The van der Waals surface area contributed by atoms with Crippen LogP contribution in [0.15, 0.2) is 48.8 Å². The van der Waals surface area contributed by atoms with Gasteiger partial charge in [0.2, 0.25) is 5.91 Å². The van der Waals surface area contributed by atoms with Gasteiger partial charge in [-0.15, -0.1) is 0 Å². The van der Waals surface area contributed by atoms with Crippen LogP contribution in [-0.2, 0) is 18.3 Å². The van der Waals surface area contributed by atoms with Crippen molar-refractivity contribution in [3.8, 4) is 0 Å². The van der Waals surface area contributed by atoms with Crippen LogP contribution in [-0.4, -0.2) is 34.6 Å². The van der Waals surface area contributed by atoms with Crippen LogP contribution >= 0.6 is 0 Å². The summed E-state index contributed by atoms with van der Waals surface area (Å²) in [4.78, 5) is 18.4. The van der Waals surface area contributed by atoms with E-state index in [-0.39, 0.29) is 17.8 Å². The number of nitrogens with one attached hydrogen (secondary N) is 1. The molecule has 0 bridgehead atoms. The molecule has 0 spiro atoms. The Morgan fingerprint density at radius 1 is 1.30 bits per heavy atom. The number of halogens is 1. The Bertz CT molecular complexity index is 968. The van der Waals surface area contributed by atoms with Crippen molar-refractivity contribution in [2.24, 2.45) is 7.05 Å². The number of fused-ring (bicyclic) bond motifs is 1. The summed E-state index contributed by atoms with van der Waals surface area (Å²) in [6, 6.07) is 11.3. The van der Waals surface area contributed by atoms with Gasteiger partial charge < -0.3 is 14.8 Å². The average molecular weight is 366 g/mol. The molecule has 1 aromatic carbocycles. The van der Waals surface area contributed by atoms with Crippen molar-refractivity contribution >= 4 is 22.6 Å². The second-order valence-electron chi connectivity index (χ2n) is 7.09. The molecule has 4 rings (SSSR count). The Balaban J connectivity index is 1.33. The number of aryl methyl sites for hydroxylation is 2. The maximum absolute atomic E-state index is 13.9. The molecule has 1 amide bonds.